The number of carbonyl (C=O) groups excluding carboxylic acids is 1. The zero-order chi connectivity index (χ0) is 22.7. The molecule has 3 aromatic rings. The average molecular weight is 458 g/mol. The van der Waals surface area contributed by atoms with Crippen LogP contribution in [0.15, 0.2) is 77.7 Å². The second kappa shape index (κ2) is 9.05. The number of sulfonamides is 1. The van der Waals surface area contributed by atoms with Crippen molar-refractivity contribution >= 4 is 15.9 Å². The number of rotatable bonds is 5. The fraction of sp³-hybridized carbons (Fsp3) is 0.174. The Morgan fingerprint density at radius 2 is 1.47 bits per heavy atom. The van der Waals surface area contributed by atoms with E-state index in [9.17, 15) is 22.0 Å². The van der Waals surface area contributed by atoms with Crippen LogP contribution in [-0.4, -0.2) is 49.7 Å². The maximum Gasteiger partial charge on any atom is 0.257 e. The first-order valence-corrected chi connectivity index (χ1v) is 11.4. The third-order valence-corrected chi connectivity index (χ3v) is 7.04. The van der Waals surface area contributed by atoms with Crippen LogP contribution in [0.3, 0.4) is 0 Å². The van der Waals surface area contributed by atoms with Crippen LogP contribution in [0, 0.1) is 11.6 Å². The summed E-state index contributed by atoms with van der Waals surface area (Å²) in [5.41, 5.74) is 0.369. The number of nitrogens with zero attached hydrogens (tertiary/aromatic N) is 2. The van der Waals surface area contributed by atoms with Crippen LogP contribution >= 0.6 is 0 Å². The summed E-state index contributed by atoms with van der Waals surface area (Å²) >= 11 is 0. The van der Waals surface area contributed by atoms with Crippen LogP contribution in [0.5, 0.6) is 11.5 Å². The molecule has 6 nitrogen and oxygen atoms in total. The number of amides is 1. The summed E-state index contributed by atoms with van der Waals surface area (Å²) in [5.74, 6) is -1.62. The van der Waals surface area contributed by atoms with Gasteiger partial charge in [0.25, 0.3) is 5.91 Å². The highest BCUT2D eigenvalue weighted by atomic mass is 32.2. The molecule has 3 aromatic carbocycles. The molecular weight excluding hydrogens is 438 g/mol. The molecule has 0 N–H and O–H groups in total. The van der Waals surface area contributed by atoms with E-state index in [-0.39, 0.29) is 37.0 Å². The van der Waals surface area contributed by atoms with E-state index in [0.29, 0.717) is 23.1 Å². The standard InChI is InChI=1S/C23H20F2N2O4S/c24-20-11-10-18(16-21(20)25)32(29,30)27-14-12-26(13-15-27)23(28)19-8-4-5-9-22(19)31-17-6-2-1-3-7-17/h1-11,16H,12-15H2. The monoisotopic (exact) mass is 458 g/mol. The molecule has 166 valence electrons. The predicted molar refractivity (Wildman–Crippen MR) is 114 cm³/mol. The Morgan fingerprint density at radius 1 is 0.812 bits per heavy atom. The number of carbonyl (C=O) groups is 1. The van der Waals surface area contributed by atoms with Crippen molar-refractivity contribution in [3.63, 3.8) is 0 Å². The maximum absolute atomic E-state index is 13.5. The van der Waals surface area contributed by atoms with Gasteiger partial charge in [-0.25, -0.2) is 17.2 Å². The lowest BCUT2D eigenvalue weighted by atomic mass is 10.1. The van der Waals surface area contributed by atoms with E-state index in [1.54, 1.807) is 41.3 Å². The van der Waals surface area contributed by atoms with E-state index >= 15 is 0 Å². The summed E-state index contributed by atoms with van der Waals surface area (Å²) in [7, 11) is -4.00. The number of halogens is 2. The number of hydrogen-bond donors (Lipinski definition) is 0. The smallest absolute Gasteiger partial charge is 0.257 e. The number of para-hydroxylation sites is 2. The van der Waals surface area contributed by atoms with Crippen LogP contribution in [0.25, 0.3) is 0 Å². The molecule has 0 unspecified atom stereocenters. The summed E-state index contributed by atoms with van der Waals surface area (Å²) in [6.07, 6.45) is 0. The van der Waals surface area contributed by atoms with Crippen LogP contribution in [-0.2, 0) is 10.0 Å². The molecule has 0 atom stereocenters. The zero-order valence-electron chi connectivity index (χ0n) is 16.9. The topological polar surface area (TPSA) is 66.9 Å². The molecule has 32 heavy (non-hydrogen) atoms. The minimum Gasteiger partial charge on any atom is -0.457 e. The van der Waals surface area contributed by atoms with E-state index in [2.05, 4.69) is 0 Å². The lowest BCUT2D eigenvalue weighted by molar-refractivity contribution is 0.0695. The molecule has 0 saturated carbocycles. The summed E-state index contributed by atoms with van der Waals surface area (Å²) in [5, 5.41) is 0. The number of piperazine rings is 1. The minimum atomic E-state index is -4.00. The fourth-order valence-electron chi connectivity index (χ4n) is 3.44. The van der Waals surface area contributed by atoms with Crippen molar-refractivity contribution in [1.29, 1.82) is 0 Å². The molecule has 1 saturated heterocycles. The van der Waals surface area contributed by atoms with Crippen molar-refractivity contribution < 1.29 is 26.7 Å². The van der Waals surface area contributed by atoms with E-state index in [1.807, 2.05) is 18.2 Å². The van der Waals surface area contributed by atoms with Gasteiger partial charge < -0.3 is 9.64 Å². The van der Waals surface area contributed by atoms with Gasteiger partial charge in [-0.3, -0.25) is 4.79 Å². The van der Waals surface area contributed by atoms with Gasteiger partial charge >= 0.3 is 0 Å². The van der Waals surface area contributed by atoms with Gasteiger partial charge in [0.15, 0.2) is 11.6 Å². The first-order valence-electron chi connectivity index (χ1n) is 9.92. The molecule has 0 bridgehead atoms. The summed E-state index contributed by atoms with van der Waals surface area (Å²) in [6, 6.07) is 18.4. The number of ether oxygens (including phenoxy) is 1. The lowest BCUT2D eigenvalue weighted by Crippen LogP contribution is -2.50. The first-order chi connectivity index (χ1) is 15.4. The summed E-state index contributed by atoms with van der Waals surface area (Å²) in [6.45, 7) is 0.381. The van der Waals surface area contributed by atoms with Crippen molar-refractivity contribution in [2.24, 2.45) is 0 Å². The van der Waals surface area contributed by atoms with Gasteiger partial charge in [0.2, 0.25) is 10.0 Å². The van der Waals surface area contributed by atoms with Crippen LogP contribution < -0.4 is 4.74 Å². The summed E-state index contributed by atoms with van der Waals surface area (Å²) in [4.78, 5) is 14.3. The normalized spacial score (nSPS) is 14.9. The second-order valence-corrected chi connectivity index (χ2v) is 9.12. The van der Waals surface area contributed by atoms with Gasteiger partial charge in [-0.15, -0.1) is 0 Å². The van der Waals surface area contributed by atoms with E-state index < -0.39 is 21.7 Å². The van der Waals surface area contributed by atoms with Gasteiger partial charge in [-0.05, 0) is 42.5 Å². The third-order valence-electron chi connectivity index (χ3n) is 5.14. The SMILES string of the molecule is O=C(c1ccccc1Oc1ccccc1)N1CCN(S(=O)(=O)c2ccc(F)c(F)c2)CC1. The van der Waals surface area contributed by atoms with Crippen LogP contribution in [0.1, 0.15) is 10.4 Å². The van der Waals surface area contributed by atoms with Crippen molar-refractivity contribution in [3.8, 4) is 11.5 Å². The number of hydrogen-bond acceptors (Lipinski definition) is 4. The van der Waals surface area contributed by atoms with Crippen LogP contribution in [0.2, 0.25) is 0 Å². The Labute approximate surface area is 184 Å². The van der Waals surface area contributed by atoms with Gasteiger partial charge in [0, 0.05) is 26.2 Å². The predicted octanol–water partition coefficient (Wildman–Crippen LogP) is 3.90. The second-order valence-electron chi connectivity index (χ2n) is 7.18. The Balaban J connectivity index is 1.47. The van der Waals surface area contributed by atoms with Crippen LogP contribution in [0.4, 0.5) is 8.78 Å². The van der Waals surface area contributed by atoms with Gasteiger partial charge in [-0.1, -0.05) is 30.3 Å². The Kier molecular flexibility index (Phi) is 6.20. The molecule has 1 aliphatic heterocycles. The molecule has 0 aromatic heterocycles. The van der Waals surface area contributed by atoms with E-state index in [4.69, 9.17) is 4.74 Å². The Morgan fingerprint density at radius 3 is 2.16 bits per heavy atom. The lowest BCUT2D eigenvalue weighted by Gasteiger charge is -2.34. The molecule has 1 heterocycles. The van der Waals surface area contributed by atoms with E-state index in [0.717, 1.165) is 16.4 Å². The zero-order valence-corrected chi connectivity index (χ0v) is 17.8. The van der Waals surface area contributed by atoms with Crippen molar-refractivity contribution in [2.45, 2.75) is 4.90 Å². The highest BCUT2D eigenvalue weighted by Gasteiger charge is 2.31. The minimum absolute atomic E-state index is 0.0365. The van der Waals surface area contributed by atoms with Gasteiger partial charge in [0.05, 0.1) is 10.5 Å². The molecule has 0 radical (unpaired) electrons. The molecule has 9 heteroatoms. The highest BCUT2D eigenvalue weighted by molar-refractivity contribution is 7.89. The Bertz CT molecular complexity index is 1230. The molecule has 0 aliphatic carbocycles. The van der Waals surface area contributed by atoms with Gasteiger partial charge in [0.1, 0.15) is 11.5 Å². The molecule has 1 fully saturated rings. The molecular formula is C23H20F2N2O4S. The van der Waals surface area contributed by atoms with Crippen molar-refractivity contribution in [2.75, 3.05) is 26.2 Å². The fourth-order valence-corrected chi connectivity index (χ4v) is 4.87. The quantitative estimate of drug-likeness (QED) is 0.582. The largest absolute Gasteiger partial charge is 0.457 e. The molecule has 0 spiro atoms. The van der Waals surface area contributed by atoms with Crippen molar-refractivity contribution in [3.05, 3.63) is 90.0 Å². The van der Waals surface area contributed by atoms with Crippen molar-refractivity contribution in [1.82, 2.24) is 9.21 Å². The highest BCUT2D eigenvalue weighted by Crippen LogP contribution is 2.27. The van der Waals surface area contributed by atoms with Gasteiger partial charge in [-0.2, -0.15) is 4.31 Å². The third kappa shape index (κ3) is 4.49. The van der Waals surface area contributed by atoms with E-state index in [1.165, 1.54) is 0 Å². The Hall–Kier alpha value is -3.30. The molecule has 1 aliphatic rings. The number of benzene rings is 3. The molecule has 1 amide bonds. The molecule has 4 rings (SSSR count). The first kappa shape index (κ1) is 21.9. The summed E-state index contributed by atoms with van der Waals surface area (Å²) < 4.78 is 59.2. The maximum atomic E-state index is 13.5. The average Bonchev–Trinajstić information content (AvgIpc) is 2.81.